The van der Waals surface area contributed by atoms with Crippen LogP contribution in [0.1, 0.15) is 40.5 Å². The highest BCUT2D eigenvalue weighted by Crippen LogP contribution is 2.62. The summed E-state index contributed by atoms with van der Waals surface area (Å²) >= 11 is 0. The molecule has 3 rings (SSSR count). The Hall–Kier alpha value is -0.830. The van der Waals surface area contributed by atoms with E-state index in [1.165, 1.54) is 0 Å². The number of hydrogen-bond donors (Lipinski definition) is 1. The van der Waals surface area contributed by atoms with Crippen LogP contribution in [0, 0.1) is 17.3 Å². The monoisotopic (exact) mass is 238 g/mol. The zero-order valence-electron chi connectivity index (χ0n) is 11.1. The minimum atomic E-state index is -0.895. The van der Waals surface area contributed by atoms with Crippen LogP contribution in [0.2, 0.25) is 0 Å². The Morgan fingerprint density at radius 3 is 2.47 bits per heavy atom. The van der Waals surface area contributed by atoms with Gasteiger partial charge in [0.1, 0.15) is 6.10 Å². The molecule has 4 unspecified atom stereocenters. The van der Waals surface area contributed by atoms with Gasteiger partial charge in [0.2, 0.25) is 0 Å². The van der Waals surface area contributed by atoms with Crippen molar-refractivity contribution in [3.05, 3.63) is 12.2 Å². The summed E-state index contributed by atoms with van der Waals surface area (Å²) in [4.78, 5) is 11.6. The van der Waals surface area contributed by atoms with Crippen LogP contribution in [0.5, 0.6) is 0 Å². The molecule has 0 spiro atoms. The molecule has 0 amide bonds. The van der Waals surface area contributed by atoms with E-state index in [2.05, 4.69) is 20.4 Å². The molecule has 4 atom stereocenters. The van der Waals surface area contributed by atoms with Crippen molar-refractivity contribution < 1.29 is 14.6 Å². The van der Waals surface area contributed by atoms with E-state index in [4.69, 9.17) is 4.74 Å². The summed E-state index contributed by atoms with van der Waals surface area (Å²) in [5.74, 6) is 0.415. The van der Waals surface area contributed by atoms with Gasteiger partial charge in [-0.3, -0.25) is 0 Å². The molecular formula is C14H22O3. The molecule has 3 saturated carbocycles. The van der Waals surface area contributed by atoms with Gasteiger partial charge in [-0.1, -0.05) is 20.4 Å². The van der Waals surface area contributed by atoms with Crippen molar-refractivity contribution in [2.24, 2.45) is 17.3 Å². The second kappa shape index (κ2) is 3.58. The van der Waals surface area contributed by atoms with Crippen LogP contribution in [0.25, 0.3) is 0 Å². The number of rotatable bonds is 2. The summed E-state index contributed by atoms with van der Waals surface area (Å²) in [7, 11) is 0. The molecule has 96 valence electrons. The third-order valence-electron chi connectivity index (χ3n) is 4.77. The highest BCUT2D eigenvalue weighted by molar-refractivity contribution is 5.87. The van der Waals surface area contributed by atoms with Crippen molar-refractivity contribution in [3.8, 4) is 0 Å². The van der Waals surface area contributed by atoms with E-state index in [1.807, 2.05) is 0 Å². The molecule has 0 aromatic rings. The van der Waals surface area contributed by atoms with Gasteiger partial charge in [0.25, 0.3) is 0 Å². The van der Waals surface area contributed by atoms with Gasteiger partial charge in [0, 0.05) is 11.5 Å². The van der Waals surface area contributed by atoms with Crippen molar-refractivity contribution in [3.63, 3.8) is 0 Å². The maximum Gasteiger partial charge on any atom is 0.333 e. The Morgan fingerprint density at radius 1 is 1.41 bits per heavy atom. The lowest BCUT2D eigenvalue weighted by molar-refractivity contribution is -0.243. The number of esters is 1. The van der Waals surface area contributed by atoms with E-state index < -0.39 is 17.7 Å². The SMILES string of the molecule is C=C(C)C(=O)OC1C2CC(CC1(C)O)C2(C)C. The van der Waals surface area contributed by atoms with Crippen LogP contribution in [0.15, 0.2) is 12.2 Å². The molecule has 1 N–H and O–H groups in total. The van der Waals surface area contributed by atoms with Crippen LogP contribution >= 0.6 is 0 Å². The van der Waals surface area contributed by atoms with E-state index in [-0.39, 0.29) is 11.3 Å². The molecule has 3 aliphatic rings. The average Bonchev–Trinajstić information content (AvgIpc) is 2.19. The van der Waals surface area contributed by atoms with E-state index in [1.54, 1.807) is 13.8 Å². The summed E-state index contributed by atoms with van der Waals surface area (Å²) in [6.45, 7) is 11.4. The van der Waals surface area contributed by atoms with Crippen molar-refractivity contribution in [2.45, 2.75) is 52.2 Å². The lowest BCUT2D eigenvalue weighted by Crippen LogP contribution is -2.66. The van der Waals surface area contributed by atoms with E-state index in [0.717, 1.165) is 6.42 Å². The van der Waals surface area contributed by atoms with Gasteiger partial charge in [-0.25, -0.2) is 4.79 Å². The van der Waals surface area contributed by atoms with Gasteiger partial charge in [-0.15, -0.1) is 0 Å². The minimum absolute atomic E-state index is 0.169. The average molecular weight is 238 g/mol. The van der Waals surface area contributed by atoms with Crippen molar-refractivity contribution >= 4 is 5.97 Å². The fourth-order valence-electron chi connectivity index (χ4n) is 3.39. The van der Waals surface area contributed by atoms with Crippen molar-refractivity contribution in [1.82, 2.24) is 0 Å². The highest BCUT2D eigenvalue weighted by Gasteiger charge is 2.63. The molecule has 0 radical (unpaired) electrons. The normalized spacial score (nSPS) is 42.5. The van der Waals surface area contributed by atoms with Gasteiger partial charge < -0.3 is 9.84 Å². The van der Waals surface area contributed by atoms with Gasteiger partial charge in [-0.05, 0) is 38.0 Å². The predicted octanol–water partition coefficient (Wildman–Crippen LogP) is 2.29. The Labute approximate surface area is 103 Å². The maximum atomic E-state index is 11.6. The molecule has 3 fully saturated rings. The van der Waals surface area contributed by atoms with Gasteiger partial charge in [0.05, 0.1) is 5.60 Å². The van der Waals surface area contributed by atoms with Crippen LogP contribution in [-0.2, 0) is 9.53 Å². The molecule has 3 aliphatic carbocycles. The zero-order chi connectivity index (χ0) is 13.0. The molecule has 17 heavy (non-hydrogen) atoms. The first-order valence-corrected chi connectivity index (χ1v) is 6.25. The fourth-order valence-corrected chi connectivity index (χ4v) is 3.39. The van der Waals surface area contributed by atoms with Crippen LogP contribution in [0.4, 0.5) is 0 Å². The predicted molar refractivity (Wildman–Crippen MR) is 65.3 cm³/mol. The minimum Gasteiger partial charge on any atom is -0.456 e. The number of ether oxygens (including phenoxy) is 1. The molecule has 0 aromatic carbocycles. The Morgan fingerprint density at radius 2 is 2.00 bits per heavy atom. The third-order valence-corrected chi connectivity index (χ3v) is 4.77. The maximum absolute atomic E-state index is 11.6. The van der Waals surface area contributed by atoms with E-state index >= 15 is 0 Å². The van der Waals surface area contributed by atoms with E-state index in [0.29, 0.717) is 17.9 Å². The highest BCUT2D eigenvalue weighted by atomic mass is 16.6. The number of hydrogen-bond acceptors (Lipinski definition) is 3. The summed E-state index contributed by atoms with van der Waals surface area (Å²) in [6.07, 6.45) is 1.37. The topological polar surface area (TPSA) is 46.5 Å². The van der Waals surface area contributed by atoms with E-state index in [9.17, 15) is 9.90 Å². The third kappa shape index (κ3) is 1.81. The fraction of sp³-hybridized carbons (Fsp3) is 0.786. The van der Waals surface area contributed by atoms with Crippen LogP contribution in [-0.4, -0.2) is 22.8 Å². The van der Waals surface area contributed by atoms with Crippen molar-refractivity contribution in [2.75, 3.05) is 0 Å². The summed E-state index contributed by atoms with van der Waals surface area (Å²) in [5, 5.41) is 10.4. The van der Waals surface area contributed by atoms with Gasteiger partial charge >= 0.3 is 5.97 Å². The molecule has 3 heteroatoms. The van der Waals surface area contributed by atoms with Crippen LogP contribution in [0.3, 0.4) is 0 Å². The quantitative estimate of drug-likeness (QED) is 0.593. The summed E-state index contributed by atoms with van der Waals surface area (Å²) < 4.78 is 5.47. The van der Waals surface area contributed by atoms with Crippen LogP contribution < -0.4 is 0 Å². The number of carbonyl (C=O) groups excluding carboxylic acids is 1. The first kappa shape index (κ1) is 12.6. The second-order valence-corrected chi connectivity index (χ2v) is 6.53. The molecule has 2 bridgehead atoms. The Bertz CT molecular complexity index is 368. The summed E-state index contributed by atoms with van der Waals surface area (Å²) in [5.41, 5.74) is -0.337. The van der Waals surface area contributed by atoms with Gasteiger partial charge in [-0.2, -0.15) is 0 Å². The Kier molecular flexibility index (Phi) is 2.66. The molecule has 0 saturated heterocycles. The van der Waals surface area contributed by atoms with Crippen molar-refractivity contribution in [1.29, 1.82) is 0 Å². The molecule has 0 aliphatic heterocycles. The largest absolute Gasteiger partial charge is 0.456 e. The number of carbonyl (C=O) groups is 1. The standard InChI is InChI=1S/C14H22O3/c1-8(2)12(15)17-11-10-6-9(13(10,3)4)7-14(11,5)16/h9-11,16H,1,6-7H2,2-5H3. The number of aliphatic hydroxyl groups is 1. The lowest BCUT2D eigenvalue weighted by Gasteiger charge is -2.63. The smallest absolute Gasteiger partial charge is 0.333 e. The molecular weight excluding hydrogens is 216 g/mol. The second-order valence-electron chi connectivity index (χ2n) is 6.53. The molecule has 0 aromatic heterocycles. The Balaban J connectivity index is 2.18. The van der Waals surface area contributed by atoms with Gasteiger partial charge in [0.15, 0.2) is 0 Å². The molecule has 3 nitrogen and oxygen atoms in total. The first-order valence-electron chi connectivity index (χ1n) is 6.25. The lowest BCUT2D eigenvalue weighted by atomic mass is 9.45. The summed E-state index contributed by atoms with van der Waals surface area (Å²) in [6, 6.07) is 0. The zero-order valence-corrected chi connectivity index (χ0v) is 11.1. The molecule has 0 heterocycles. The number of fused-ring (bicyclic) bond motifs is 2. The first-order chi connectivity index (χ1) is 7.66.